The fourth-order valence-electron chi connectivity index (χ4n) is 2.88. The summed E-state index contributed by atoms with van der Waals surface area (Å²) in [7, 11) is 0. The molecule has 110 valence electrons. The van der Waals surface area contributed by atoms with Crippen molar-refractivity contribution in [2.24, 2.45) is 0 Å². The topological polar surface area (TPSA) is 60.8 Å². The molecule has 0 aliphatic heterocycles. The molecule has 1 aromatic rings. The fourth-order valence-corrected chi connectivity index (χ4v) is 2.88. The Labute approximate surface area is 120 Å². The van der Waals surface area contributed by atoms with E-state index in [0.29, 0.717) is 6.54 Å². The van der Waals surface area contributed by atoms with Crippen molar-refractivity contribution >= 4 is 11.7 Å². The maximum atomic E-state index is 11.1. The highest BCUT2D eigenvalue weighted by Crippen LogP contribution is 2.30. The second-order valence-corrected chi connectivity index (χ2v) is 5.87. The van der Waals surface area contributed by atoms with E-state index in [1.807, 2.05) is 31.2 Å². The van der Waals surface area contributed by atoms with Gasteiger partial charge in [-0.3, -0.25) is 4.79 Å². The maximum absolute atomic E-state index is 11.1. The number of nitrogens with zero attached hydrogens (tertiary/aromatic N) is 1. The molecule has 1 aliphatic rings. The lowest BCUT2D eigenvalue weighted by atomic mass is 9.84. The van der Waals surface area contributed by atoms with Crippen molar-refractivity contribution in [3.8, 4) is 0 Å². The molecule has 1 aliphatic carbocycles. The number of rotatable bonds is 5. The van der Waals surface area contributed by atoms with Crippen LogP contribution in [0.4, 0.5) is 5.69 Å². The van der Waals surface area contributed by atoms with Crippen LogP contribution in [0.1, 0.15) is 37.7 Å². The molecule has 1 saturated carbocycles. The van der Waals surface area contributed by atoms with E-state index in [-0.39, 0.29) is 6.54 Å². The Kier molecular flexibility index (Phi) is 4.65. The molecule has 1 fully saturated rings. The molecule has 0 aromatic heterocycles. The predicted octanol–water partition coefficient (Wildman–Crippen LogP) is 2.58. The summed E-state index contributed by atoms with van der Waals surface area (Å²) in [5.41, 5.74) is 1.25. The standard InChI is InChI=1S/C16H23NO3/c1-13-5-7-14(8-6-13)17(11-15(18)19)12-16(20)9-3-2-4-10-16/h5-8,20H,2-4,9-12H2,1H3,(H,18,19). The summed E-state index contributed by atoms with van der Waals surface area (Å²) < 4.78 is 0. The number of carbonyl (C=O) groups is 1. The molecule has 2 N–H and O–H groups in total. The molecule has 0 bridgehead atoms. The van der Waals surface area contributed by atoms with Gasteiger partial charge in [-0.2, -0.15) is 0 Å². The van der Waals surface area contributed by atoms with Gasteiger partial charge in [0.2, 0.25) is 0 Å². The Morgan fingerprint density at radius 3 is 2.35 bits per heavy atom. The van der Waals surface area contributed by atoms with E-state index >= 15 is 0 Å². The highest BCUT2D eigenvalue weighted by atomic mass is 16.4. The molecule has 4 nitrogen and oxygen atoms in total. The minimum Gasteiger partial charge on any atom is -0.480 e. The zero-order valence-corrected chi connectivity index (χ0v) is 12.0. The zero-order valence-electron chi connectivity index (χ0n) is 12.0. The Hall–Kier alpha value is -1.55. The molecule has 0 radical (unpaired) electrons. The van der Waals surface area contributed by atoms with Gasteiger partial charge < -0.3 is 15.1 Å². The Bertz CT molecular complexity index is 449. The summed E-state index contributed by atoms with van der Waals surface area (Å²) in [6.45, 7) is 2.31. The quantitative estimate of drug-likeness (QED) is 0.868. The smallest absolute Gasteiger partial charge is 0.323 e. The van der Waals surface area contributed by atoms with Crippen LogP contribution < -0.4 is 4.90 Å². The van der Waals surface area contributed by atoms with Gasteiger partial charge in [0, 0.05) is 12.2 Å². The van der Waals surface area contributed by atoms with Crippen molar-refractivity contribution < 1.29 is 15.0 Å². The average molecular weight is 277 g/mol. The van der Waals surface area contributed by atoms with Crippen LogP contribution in [0.2, 0.25) is 0 Å². The second kappa shape index (κ2) is 6.27. The van der Waals surface area contributed by atoms with Crippen LogP contribution in [0.15, 0.2) is 24.3 Å². The number of hydrogen-bond acceptors (Lipinski definition) is 3. The molecule has 0 unspecified atom stereocenters. The second-order valence-electron chi connectivity index (χ2n) is 5.87. The fraction of sp³-hybridized carbons (Fsp3) is 0.562. The number of aliphatic carboxylic acids is 1. The highest BCUT2D eigenvalue weighted by Gasteiger charge is 2.32. The van der Waals surface area contributed by atoms with Crippen molar-refractivity contribution in [3.63, 3.8) is 0 Å². The molecule has 0 saturated heterocycles. The number of anilines is 1. The maximum Gasteiger partial charge on any atom is 0.323 e. The van der Waals surface area contributed by atoms with Gasteiger partial charge in [0.1, 0.15) is 6.54 Å². The molecule has 20 heavy (non-hydrogen) atoms. The van der Waals surface area contributed by atoms with Gasteiger partial charge in [0.25, 0.3) is 0 Å². The summed E-state index contributed by atoms with van der Waals surface area (Å²) in [5, 5.41) is 19.7. The molecule has 1 aromatic carbocycles. The minimum absolute atomic E-state index is 0.0780. The van der Waals surface area contributed by atoms with E-state index in [1.165, 1.54) is 0 Å². The van der Waals surface area contributed by atoms with E-state index in [9.17, 15) is 9.90 Å². The van der Waals surface area contributed by atoms with Crippen LogP contribution in [0.25, 0.3) is 0 Å². The Morgan fingerprint density at radius 2 is 1.80 bits per heavy atom. The molecular weight excluding hydrogens is 254 g/mol. The number of carboxylic acid groups (broad SMARTS) is 1. The van der Waals surface area contributed by atoms with Crippen LogP contribution in [0.3, 0.4) is 0 Å². The SMILES string of the molecule is Cc1ccc(N(CC(=O)O)CC2(O)CCCCC2)cc1. The summed E-state index contributed by atoms with van der Waals surface area (Å²) in [6, 6.07) is 7.78. The van der Waals surface area contributed by atoms with Gasteiger partial charge in [0.05, 0.1) is 5.60 Å². The predicted molar refractivity (Wildman–Crippen MR) is 79.1 cm³/mol. The number of aryl methyl sites for hydroxylation is 1. The first-order valence-electron chi connectivity index (χ1n) is 7.24. The molecular formula is C16H23NO3. The Morgan fingerprint density at radius 1 is 1.20 bits per heavy atom. The minimum atomic E-state index is -0.870. The van der Waals surface area contributed by atoms with E-state index < -0.39 is 11.6 Å². The largest absolute Gasteiger partial charge is 0.480 e. The number of aliphatic hydroxyl groups is 1. The van der Waals surface area contributed by atoms with E-state index in [4.69, 9.17) is 5.11 Å². The van der Waals surface area contributed by atoms with Gasteiger partial charge >= 0.3 is 5.97 Å². The number of carboxylic acids is 1. The average Bonchev–Trinajstić information content (AvgIpc) is 2.39. The monoisotopic (exact) mass is 277 g/mol. The normalized spacial score (nSPS) is 17.7. The molecule has 0 spiro atoms. The van der Waals surface area contributed by atoms with E-state index in [2.05, 4.69) is 0 Å². The van der Waals surface area contributed by atoms with Crippen molar-refractivity contribution in [3.05, 3.63) is 29.8 Å². The summed E-state index contributed by atoms with van der Waals surface area (Å²) >= 11 is 0. The third-order valence-electron chi connectivity index (χ3n) is 3.99. The summed E-state index contributed by atoms with van der Waals surface area (Å²) in [6.07, 6.45) is 4.71. The highest BCUT2D eigenvalue weighted by molar-refractivity contribution is 5.73. The zero-order chi connectivity index (χ0) is 14.6. The lowest BCUT2D eigenvalue weighted by Crippen LogP contribution is -2.46. The first kappa shape index (κ1) is 14.9. The molecule has 4 heteroatoms. The van der Waals surface area contributed by atoms with Crippen molar-refractivity contribution in [2.75, 3.05) is 18.0 Å². The van der Waals surface area contributed by atoms with Crippen LogP contribution >= 0.6 is 0 Å². The molecule has 0 atom stereocenters. The first-order valence-corrected chi connectivity index (χ1v) is 7.24. The lowest BCUT2D eigenvalue weighted by Gasteiger charge is -2.37. The molecule has 0 amide bonds. The van der Waals surface area contributed by atoms with Gasteiger partial charge in [-0.05, 0) is 31.9 Å². The van der Waals surface area contributed by atoms with E-state index in [0.717, 1.165) is 43.4 Å². The number of benzene rings is 1. The van der Waals surface area contributed by atoms with Crippen molar-refractivity contribution in [2.45, 2.75) is 44.6 Å². The molecule has 2 rings (SSSR count). The van der Waals surface area contributed by atoms with Crippen LogP contribution in [-0.2, 0) is 4.79 Å². The van der Waals surface area contributed by atoms with Crippen LogP contribution in [0.5, 0.6) is 0 Å². The van der Waals surface area contributed by atoms with Crippen molar-refractivity contribution in [1.82, 2.24) is 0 Å². The van der Waals surface area contributed by atoms with E-state index in [1.54, 1.807) is 4.90 Å². The number of hydrogen-bond donors (Lipinski definition) is 2. The van der Waals surface area contributed by atoms with Crippen molar-refractivity contribution in [1.29, 1.82) is 0 Å². The summed E-state index contributed by atoms with van der Waals surface area (Å²) in [4.78, 5) is 12.8. The molecule has 0 heterocycles. The first-order chi connectivity index (χ1) is 9.48. The third-order valence-corrected chi connectivity index (χ3v) is 3.99. The van der Waals surface area contributed by atoms with Gasteiger partial charge in [-0.1, -0.05) is 37.0 Å². The Balaban J connectivity index is 2.14. The lowest BCUT2D eigenvalue weighted by molar-refractivity contribution is -0.135. The van der Waals surface area contributed by atoms with Crippen LogP contribution in [-0.4, -0.2) is 34.9 Å². The van der Waals surface area contributed by atoms with Gasteiger partial charge in [-0.25, -0.2) is 0 Å². The third kappa shape index (κ3) is 3.97. The summed E-state index contributed by atoms with van der Waals surface area (Å²) in [5.74, 6) is -0.870. The van der Waals surface area contributed by atoms with Crippen LogP contribution in [0, 0.1) is 6.92 Å². The van der Waals surface area contributed by atoms with Gasteiger partial charge in [0.15, 0.2) is 0 Å². The van der Waals surface area contributed by atoms with Gasteiger partial charge in [-0.15, -0.1) is 0 Å².